The van der Waals surface area contributed by atoms with E-state index in [9.17, 15) is 9.90 Å². The minimum Gasteiger partial charge on any atom is -0.441 e. The van der Waals surface area contributed by atoms with E-state index >= 15 is 0 Å². The summed E-state index contributed by atoms with van der Waals surface area (Å²) in [5.41, 5.74) is 4.71. The van der Waals surface area contributed by atoms with Crippen LogP contribution in [-0.2, 0) is 0 Å². The number of amides is 1. The van der Waals surface area contributed by atoms with E-state index in [1.807, 2.05) is 43.5 Å². The standard InChI is InChI=1S/C20H18N4O3/c1-12-22-16-8-13(2-4-18(16)27-12)14-3-5-19-21-9-17(24(19)10-14)20(26)23-7-6-15(25)11-23/h2-5,8-10,15,25H,6-7,11H2,1H3/t15-/m1/s1. The quantitative estimate of drug-likeness (QED) is 0.593. The minimum absolute atomic E-state index is 0.112. The summed E-state index contributed by atoms with van der Waals surface area (Å²) in [6.45, 7) is 2.76. The van der Waals surface area contributed by atoms with E-state index in [0.29, 0.717) is 36.7 Å². The molecule has 27 heavy (non-hydrogen) atoms. The lowest BCUT2D eigenvalue weighted by Crippen LogP contribution is -2.30. The van der Waals surface area contributed by atoms with Crippen LogP contribution in [0.25, 0.3) is 27.9 Å². The molecular weight excluding hydrogens is 344 g/mol. The number of β-amino-alcohol motifs (C(OH)–C–C–N with tert-alkyl or cyclic N) is 1. The molecule has 4 aromatic rings. The lowest BCUT2D eigenvalue weighted by molar-refractivity contribution is 0.0758. The molecule has 0 aliphatic carbocycles. The van der Waals surface area contributed by atoms with E-state index in [1.165, 1.54) is 0 Å². The summed E-state index contributed by atoms with van der Waals surface area (Å²) >= 11 is 0. The zero-order valence-corrected chi connectivity index (χ0v) is 14.8. The predicted molar refractivity (Wildman–Crippen MR) is 99.5 cm³/mol. The molecule has 1 amide bonds. The van der Waals surface area contributed by atoms with Crippen molar-refractivity contribution >= 4 is 22.7 Å². The third kappa shape index (κ3) is 2.67. The number of carbonyl (C=O) groups excluding carboxylic acids is 1. The second kappa shape index (κ2) is 5.92. The van der Waals surface area contributed by atoms with Crippen LogP contribution in [0.1, 0.15) is 22.8 Å². The topological polar surface area (TPSA) is 83.9 Å². The first kappa shape index (κ1) is 16.0. The number of aliphatic hydroxyl groups is 1. The van der Waals surface area contributed by atoms with Crippen LogP contribution >= 0.6 is 0 Å². The van der Waals surface area contributed by atoms with Crippen LogP contribution in [0.5, 0.6) is 0 Å². The highest BCUT2D eigenvalue weighted by molar-refractivity contribution is 5.93. The normalized spacial score (nSPS) is 17.3. The number of fused-ring (bicyclic) bond motifs is 2. The number of nitrogens with zero attached hydrogens (tertiary/aromatic N) is 4. The zero-order chi connectivity index (χ0) is 18.5. The SMILES string of the molecule is Cc1nc2cc(-c3ccc4ncc(C(=O)N5CC[C@@H](O)C5)n4c3)ccc2o1. The van der Waals surface area contributed by atoms with Crippen LogP contribution in [0.2, 0.25) is 0 Å². The maximum Gasteiger partial charge on any atom is 0.272 e. The molecule has 3 aromatic heterocycles. The van der Waals surface area contributed by atoms with Gasteiger partial charge in [0.25, 0.3) is 5.91 Å². The highest BCUT2D eigenvalue weighted by atomic mass is 16.3. The summed E-state index contributed by atoms with van der Waals surface area (Å²) in [7, 11) is 0. The average Bonchev–Trinajstić information content (AvgIpc) is 3.36. The molecule has 0 radical (unpaired) electrons. The number of hydrogen-bond donors (Lipinski definition) is 1. The van der Waals surface area contributed by atoms with Crippen LogP contribution in [0, 0.1) is 6.92 Å². The number of aliphatic hydroxyl groups excluding tert-OH is 1. The van der Waals surface area contributed by atoms with Gasteiger partial charge in [-0.3, -0.25) is 9.20 Å². The molecule has 0 saturated carbocycles. The molecule has 4 heterocycles. The zero-order valence-electron chi connectivity index (χ0n) is 14.8. The number of aryl methyl sites for hydroxylation is 1. The molecule has 0 spiro atoms. The van der Waals surface area contributed by atoms with Gasteiger partial charge in [0.1, 0.15) is 16.9 Å². The monoisotopic (exact) mass is 362 g/mol. The van der Waals surface area contributed by atoms with Gasteiger partial charge in [-0.15, -0.1) is 0 Å². The van der Waals surface area contributed by atoms with Gasteiger partial charge < -0.3 is 14.4 Å². The van der Waals surface area contributed by atoms with Crippen molar-refractivity contribution in [2.24, 2.45) is 0 Å². The van der Waals surface area contributed by atoms with Gasteiger partial charge in [0, 0.05) is 26.2 Å². The van der Waals surface area contributed by atoms with E-state index in [0.717, 1.165) is 22.2 Å². The Morgan fingerprint density at radius 1 is 1.26 bits per heavy atom. The molecule has 0 bridgehead atoms. The molecule has 7 nitrogen and oxygen atoms in total. The molecule has 1 N–H and O–H groups in total. The third-order valence-corrected chi connectivity index (χ3v) is 5.00. The van der Waals surface area contributed by atoms with Crippen molar-refractivity contribution in [2.75, 3.05) is 13.1 Å². The van der Waals surface area contributed by atoms with Gasteiger partial charge in [-0.25, -0.2) is 9.97 Å². The molecule has 5 rings (SSSR count). The second-order valence-corrected chi connectivity index (χ2v) is 6.90. The second-order valence-electron chi connectivity index (χ2n) is 6.90. The molecule has 1 saturated heterocycles. The van der Waals surface area contributed by atoms with Crippen molar-refractivity contribution in [3.05, 3.63) is 54.3 Å². The van der Waals surface area contributed by atoms with Crippen LogP contribution < -0.4 is 0 Å². The van der Waals surface area contributed by atoms with Gasteiger partial charge in [0.15, 0.2) is 11.5 Å². The lowest BCUT2D eigenvalue weighted by Gasteiger charge is -2.15. The minimum atomic E-state index is -0.443. The number of oxazole rings is 1. The van der Waals surface area contributed by atoms with Gasteiger partial charge in [-0.1, -0.05) is 6.07 Å². The summed E-state index contributed by atoms with van der Waals surface area (Å²) in [5, 5.41) is 9.71. The van der Waals surface area contributed by atoms with Crippen LogP contribution in [0.3, 0.4) is 0 Å². The Morgan fingerprint density at radius 3 is 2.93 bits per heavy atom. The van der Waals surface area contributed by atoms with Gasteiger partial charge >= 0.3 is 0 Å². The van der Waals surface area contributed by atoms with Crippen molar-refractivity contribution in [1.82, 2.24) is 19.3 Å². The Morgan fingerprint density at radius 2 is 2.11 bits per heavy atom. The third-order valence-electron chi connectivity index (χ3n) is 5.00. The van der Waals surface area contributed by atoms with Gasteiger partial charge in [0.2, 0.25) is 0 Å². The van der Waals surface area contributed by atoms with Crippen LogP contribution in [-0.4, -0.2) is 49.5 Å². The lowest BCUT2D eigenvalue weighted by atomic mass is 10.1. The summed E-state index contributed by atoms with van der Waals surface area (Å²) in [6, 6.07) is 9.72. The van der Waals surface area contributed by atoms with E-state index in [2.05, 4.69) is 9.97 Å². The van der Waals surface area contributed by atoms with Gasteiger partial charge in [0.05, 0.1) is 12.3 Å². The fraction of sp³-hybridized carbons (Fsp3) is 0.250. The number of aromatic nitrogens is 3. The van der Waals surface area contributed by atoms with Crippen molar-refractivity contribution in [3.8, 4) is 11.1 Å². The summed E-state index contributed by atoms with van der Waals surface area (Å²) < 4.78 is 7.34. The molecule has 1 aliphatic heterocycles. The van der Waals surface area contributed by atoms with Crippen molar-refractivity contribution in [3.63, 3.8) is 0 Å². The van der Waals surface area contributed by atoms with E-state index in [-0.39, 0.29) is 5.91 Å². The first-order valence-electron chi connectivity index (χ1n) is 8.90. The van der Waals surface area contributed by atoms with E-state index < -0.39 is 6.10 Å². The number of carbonyl (C=O) groups is 1. The summed E-state index contributed by atoms with van der Waals surface area (Å²) in [4.78, 5) is 23.2. The Balaban J connectivity index is 1.56. The molecule has 1 atom stereocenters. The number of benzene rings is 1. The van der Waals surface area contributed by atoms with Crippen molar-refractivity contribution in [2.45, 2.75) is 19.4 Å². The van der Waals surface area contributed by atoms with E-state index in [4.69, 9.17) is 4.42 Å². The highest BCUT2D eigenvalue weighted by Gasteiger charge is 2.27. The number of hydrogen-bond acceptors (Lipinski definition) is 5. The first-order valence-corrected chi connectivity index (χ1v) is 8.90. The van der Waals surface area contributed by atoms with Gasteiger partial charge in [-0.05, 0) is 41.8 Å². The highest BCUT2D eigenvalue weighted by Crippen LogP contribution is 2.26. The van der Waals surface area contributed by atoms with Crippen molar-refractivity contribution < 1.29 is 14.3 Å². The van der Waals surface area contributed by atoms with Crippen molar-refractivity contribution in [1.29, 1.82) is 0 Å². The maximum absolute atomic E-state index is 12.8. The summed E-state index contributed by atoms with van der Waals surface area (Å²) in [5.74, 6) is 0.520. The van der Waals surface area contributed by atoms with E-state index in [1.54, 1.807) is 15.5 Å². The van der Waals surface area contributed by atoms with Gasteiger partial charge in [-0.2, -0.15) is 0 Å². The number of likely N-dealkylation sites (tertiary alicyclic amines) is 1. The predicted octanol–water partition coefficient (Wildman–Crippen LogP) is 2.66. The fourth-order valence-electron chi connectivity index (χ4n) is 3.62. The first-order chi connectivity index (χ1) is 13.1. The molecule has 1 fully saturated rings. The van der Waals surface area contributed by atoms with Crippen LogP contribution in [0.4, 0.5) is 0 Å². The number of pyridine rings is 1. The maximum atomic E-state index is 12.8. The molecule has 1 aromatic carbocycles. The molecule has 7 heteroatoms. The Kier molecular flexibility index (Phi) is 3.51. The smallest absolute Gasteiger partial charge is 0.272 e. The number of rotatable bonds is 2. The number of imidazole rings is 1. The fourth-order valence-corrected chi connectivity index (χ4v) is 3.62. The van der Waals surface area contributed by atoms with Crippen LogP contribution in [0.15, 0.2) is 47.1 Å². The molecular formula is C20H18N4O3. The average molecular weight is 362 g/mol. The Labute approximate surface area is 154 Å². The molecule has 136 valence electrons. The summed E-state index contributed by atoms with van der Waals surface area (Å²) in [6.07, 6.45) is 3.68. The molecule has 0 unspecified atom stereocenters. The largest absolute Gasteiger partial charge is 0.441 e. The Bertz CT molecular complexity index is 1180. The Hall–Kier alpha value is -3.19. The molecule has 1 aliphatic rings.